The smallest absolute Gasteiger partial charge is 0.310 e. The van der Waals surface area contributed by atoms with Crippen LogP contribution >= 0.6 is 0 Å². The van der Waals surface area contributed by atoms with E-state index in [1.165, 1.54) is 0 Å². The lowest BCUT2D eigenvalue weighted by atomic mass is 9.47. The van der Waals surface area contributed by atoms with Crippen molar-refractivity contribution in [1.29, 1.82) is 0 Å². The predicted molar refractivity (Wildman–Crippen MR) is 142 cm³/mol. The fourth-order valence-electron chi connectivity index (χ4n) is 9.50. The van der Waals surface area contributed by atoms with Gasteiger partial charge >= 0.3 is 5.97 Å². The van der Waals surface area contributed by atoms with Crippen molar-refractivity contribution in [1.82, 2.24) is 16.0 Å². The first-order valence-electron chi connectivity index (χ1n) is 13.6. The first-order valence-corrected chi connectivity index (χ1v) is 13.6. The van der Waals surface area contributed by atoms with Crippen LogP contribution in [0.2, 0.25) is 0 Å². The second-order valence-electron chi connectivity index (χ2n) is 16.2. The van der Waals surface area contributed by atoms with Crippen molar-refractivity contribution < 1.29 is 9.90 Å². The highest BCUT2D eigenvalue weighted by Gasteiger charge is 2.63. The zero-order valence-corrected chi connectivity index (χ0v) is 24.3. The third-order valence-electron chi connectivity index (χ3n) is 8.97. The van der Waals surface area contributed by atoms with Gasteiger partial charge in [0.15, 0.2) is 0 Å². The van der Waals surface area contributed by atoms with E-state index in [1.54, 1.807) is 0 Å². The third-order valence-corrected chi connectivity index (χ3v) is 8.97. The molecule has 0 radical (unpaired) electrons. The lowest BCUT2D eigenvalue weighted by molar-refractivity contribution is -0.179. The molecule has 3 fully saturated rings. The van der Waals surface area contributed by atoms with Crippen LogP contribution in [-0.2, 0) is 4.79 Å². The lowest BCUT2D eigenvalue weighted by Gasteiger charge is -2.62. The molecule has 3 aliphatic heterocycles. The van der Waals surface area contributed by atoms with E-state index >= 15 is 0 Å². The molecule has 0 aliphatic carbocycles. The standard InChI is InChI=1S/C29H55N3O2/c1-23(2)13-19(14-24(3,4)30-23)29(22(33)34,20-15-25(5,6)31-26(7,8)16-20)21-17-27(9,10)32-28(11,12)18-21/h19-21,30-32H,13-18H2,1-12H3,(H,33,34). The molecule has 0 aromatic rings. The summed E-state index contributed by atoms with van der Waals surface area (Å²) in [6.45, 7) is 27.2. The van der Waals surface area contributed by atoms with Crippen molar-refractivity contribution in [2.75, 3.05) is 0 Å². The van der Waals surface area contributed by atoms with Gasteiger partial charge in [-0.2, -0.15) is 0 Å². The minimum Gasteiger partial charge on any atom is -0.481 e. The van der Waals surface area contributed by atoms with Gasteiger partial charge in [0, 0.05) is 33.2 Å². The maximum absolute atomic E-state index is 13.9. The number of piperidine rings is 3. The largest absolute Gasteiger partial charge is 0.481 e. The Morgan fingerprint density at radius 3 is 0.853 bits per heavy atom. The van der Waals surface area contributed by atoms with Gasteiger partial charge in [-0.3, -0.25) is 4.79 Å². The predicted octanol–water partition coefficient (Wildman–Crippen LogP) is 5.73. The van der Waals surface area contributed by atoms with E-state index in [2.05, 4.69) is 99.0 Å². The Labute approximate surface area is 210 Å². The average molecular weight is 478 g/mol. The summed E-state index contributed by atoms with van der Waals surface area (Å²) in [5, 5.41) is 22.9. The van der Waals surface area contributed by atoms with Crippen LogP contribution in [0.5, 0.6) is 0 Å². The Hall–Kier alpha value is -0.650. The molecule has 0 unspecified atom stereocenters. The highest BCUT2D eigenvalue weighted by molar-refractivity contribution is 5.76. The Kier molecular flexibility index (Phi) is 6.72. The van der Waals surface area contributed by atoms with E-state index in [0.717, 1.165) is 38.5 Å². The van der Waals surface area contributed by atoms with E-state index in [4.69, 9.17) is 0 Å². The van der Waals surface area contributed by atoms with Gasteiger partial charge in [-0.1, -0.05) is 0 Å². The zero-order chi connectivity index (χ0) is 26.2. The maximum Gasteiger partial charge on any atom is 0.310 e. The van der Waals surface area contributed by atoms with Crippen molar-refractivity contribution in [2.24, 2.45) is 23.2 Å². The zero-order valence-electron chi connectivity index (χ0n) is 24.3. The number of carboxylic acid groups (broad SMARTS) is 1. The van der Waals surface area contributed by atoms with Crippen molar-refractivity contribution in [3.63, 3.8) is 0 Å². The summed E-state index contributed by atoms with van der Waals surface area (Å²) in [5.41, 5.74) is -1.33. The number of hydrogen-bond donors (Lipinski definition) is 4. The molecule has 34 heavy (non-hydrogen) atoms. The summed E-state index contributed by atoms with van der Waals surface area (Å²) in [6, 6.07) is 0. The minimum atomic E-state index is -0.760. The molecule has 0 bridgehead atoms. The van der Waals surface area contributed by atoms with Crippen LogP contribution in [0.1, 0.15) is 122 Å². The van der Waals surface area contributed by atoms with Gasteiger partial charge in [-0.05, 0) is 139 Å². The Bertz CT molecular complexity index is 652. The molecular formula is C29H55N3O2. The van der Waals surface area contributed by atoms with Gasteiger partial charge in [0.25, 0.3) is 0 Å². The summed E-state index contributed by atoms with van der Waals surface area (Å²) in [6.07, 6.45) is 5.41. The van der Waals surface area contributed by atoms with Crippen molar-refractivity contribution >= 4 is 5.97 Å². The second-order valence-corrected chi connectivity index (χ2v) is 16.2. The van der Waals surface area contributed by atoms with Crippen LogP contribution < -0.4 is 16.0 Å². The molecule has 0 aromatic carbocycles. The Morgan fingerprint density at radius 1 is 0.529 bits per heavy atom. The monoisotopic (exact) mass is 477 g/mol. The Balaban J connectivity index is 2.24. The highest BCUT2D eigenvalue weighted by atomic mass is 16.4. The van der Waals surface area contributed by atoms with Crippen molar-refractivity contribution in [3.05, 3.63) is 0 Å². The van der Waals surface area contributed by atoms with Crippen LogP contribution in [0.3, 0.4) is 0 Å². The SMILES string of the molecule is CC1(C)CC(C(C(=O)O)(C2CC(C)(C)NC(C)(C)C2)C2CC(C)(C)NC(C)(C)C2)CC(C)(C)N1. The topological polar surface area (TPSA) is 73.4 Å². The third kappa shape index (κ3) is 5.67. The van der Waals surface area contributed by atoms with Crippen LogP contribution in [0, 0.1) is 23.2 Å². The number of aliphatic carboxylic acids is 1. The van der Waals surface area contributed by atoms with Gasteiger partial charge in [0.05, 0.1) is 5.41 Å². The van der Waals surface area contributed by atoms with Crippen LogP contribution in [0.15, 0.2) is 0 Å². The van der Waals surface area contributed by atoms with E-state index in [-0.39, 0.29) is 51.0 Å². The maximum atomic E-state index is 13.9. The van der Waals surface area contributed by atoms with Crippen molar-refractivity contribution in [2.45, 2.75) is 155 Å². The summed E-state index contributed by atoms with van der Waals surface area (Å²) in [7, 11) is 0. The van der Waals surface area contributed by atoms with Crippen LogP contribution in [0.4, 0.5) is 0 Å². The molecule has 0 spiro atoms. The number of nitrogens with one attached hydrogen (secondary N) is 3. The number of rotatable bonds is 4. The van der Waals surface area contributed by atoms with Gasteiger partial charge in [-0.25, -0.2) is 0 Å². The molecular weight excluding hydrogens is 422 g/mol. The van der Waals surface area contributed by atoms with Gasteiger partial charge in [0.1, 0.15) is 0 Å². The quantitative estimate of drug-likeness (QED) is 0.416. The highest BCUT2D eigenvalue weighted by Crippen LogP contribution is 2.60. The summed E-state index contributed by atoms with van der Waals surface area (Å²) >= 11 is 0. The molecule has 3 aliphatic rings. The van der Waals surface area contributed by atoms with E-state index in [1.807, 2.05) is 0 Å². The fourth-order valence-corrected chi connectivity index (χ4v) is 9.50. The van der Waals surface area contributed by atoms with E-state index in [0.29, 0.717) is 0 Å². The first kappa shape index (κ1) is 27.9. The normalized spacial score (nSPS) is 31.2. The van der Waals surface area contributed by atoms with Gasteiger partial charge in [0.2, 0.25) is 0 Å². The summed E-state index contributed by atoms with van der Waals surface area (Å²) in [4.78, 5) is 13.9. The molecule has 4 N–H and O–H groups in total. The Morgan fingerprint density at radius 2 is 0.706 bits per heavy atom. The minimum absolute atomic E-state index is 0.0942. The summed E-state index contributed by atoms with van der Waals surface area (Å²) < 4.78 is 0. The van der Waals surface area contributed by atoms with Gasteiger partial charge < -0.3 is 21.1 Å². The molecule has 3 rings (SSSR count). The number of carboxylic acids is 1. The molecule has 3 heterocycles. The lowest BCUT2D eigenvalue weighted by Crippen LogP contribution is -2.69. The molecule has 0 saturated carbocycles. The molecule has 198 valence electrons. The molecule has 0 atom stereocenters. The van der Waals surface area contributed by atoms with Crippen LogP contribution in [0.25, 0.3) is 0 Å². The van der Waals surface area contributed by atoms with E-state index in [9.17, 15) is 9.90 Å². The van der Waals surface area contributed by atoms with Gasteiger partial charge in [-0.15, -0.1) is 0 Å². The summed E-state index contributed by atoms with van der Waals surface area (Å²) in [5.74, 6) is -0.176. The number of hydrogen-bond acceptors (Lipinski definition) is 4. The van der Waals surface area contributed by atoms with E-state index < -0.39 is 11.4 Å². The molecule has 3 saturated heterocycles. The van der Waals surface area contributed by atoms with Crippen molar-refractivity contribution in [3.8, 4) is 0 Å². The molecule has 0 amide bonds. The fraction of sp³-hybridized carbons (Fsp3) is 0.966. The molecule has 5 nitrogen and oxygen atoms in total. The molecule has 0 aromatic heterocycles. The number of carbonyl (C=O) groups is 1. The second kappa shape index (κ2) is 8.18. The van der Waals surface area contributed by atoms with Crippen LogP contribution in [-0.4, -0.2) is 44.3 Å². The average Bonchev–Trinajstić information content (AvgIpc) is 2.45. The first-order chi connectivity index (χ1) is 15.0. The molecule has 5 heteroatoms.